The van der Waals surface area contributed by atoms with Crippen LogP contribution in [0.25, 0.3) is 11.0 Å². The van der Waals surface area contributed by atoms with Crippen LogP contribution in [0.4, 0.5) is 11.8 Å². The van der Waals surface area contributed by atoms with E-state index < -0.39 is 0 Å². The Kier molecular flexibility index (Phi) is 2.80. The molecule has 1 aliphatic rings. The van der Waals surface area contributed by atoms with E-state index >= 15 is 0 Å². The Morgan fingerprint density at radius 2 is 2.00 bits per heavy atom. The van der Waals surface area contributed by atoms with Crippen molar-refractivity contribution in [1.82, 2.24) is 20.2 Å². The number of H-pyrrole nitrogens is 1. The maximum atomic E-state index is 4.61. The summed E-state index contributed by atoms with van der Waals surface area (Å²) in [5.74, 6) is 1.62. The smallest absolute Gasteiger partial charge is 0.226 e. The SMILES string of the molecule is CNc1nc(N2CCC(C)(C)CC2)c2cn[nH]c2n1. The fourth-order valence-corrected chi connectivity index (χ4v) is 2.50. The largest absolute Gasteiger partial charge is 0.357 e. The van der Waals surface area contributed by atoms with Gasteiger partial charge in [-0.1, -0.05) is 13.8 Å². The minimum Gasteiger partial charge on any atom is -0.357 e. The first-order valence-electron chi connectivity index (χ1n) is 6.73. The normalized spacial score (nSPS) is 18.8. The lowest BCUT2D eigenvalue weighted by atomic mass is 9.83. The monoisotopic (exact) mass is 260 g/mol. The van der Waals surface area contributed by atoms with Gasteiger partial charge in [-0.3, -0.25) is 5.10 Å². The van der Waals surface area contributed by atoms with Crippen LogP contribution in [0.15, 0.2) is 6.20 Å². The van der Waals surface area contributed by atoms with Crippen molar-refractivity contribution in [3.63, 3.8) is 0 Å². The average molecular weight is 260 g/mol. The molecule has 0 bridgehead atoms. The molecule has 0 spiro atoms. The van der Waals surface area contributed by atoms with Gasteiger partial charge in [-0.2, -0.15) is 15.1 Å². The number of hydrogen-bond donors (Lipinski definition) is 2. The summed E-state index contributed by atoms with van der Waals surface area (Å²) >= 11 is 0. The number of piperidine rings is 1. The molecule has 0 unspecified atom stereocenters. The molecule has 19 heavy (non-hydrogen) atoms. The molecule has 1 aliphatic heterocycles. The molecule has 0 amide bonds. The number of hydrogen-bond acceptors (Lipinski definition) is 5. The van der Waals surface area contributed by atoms with Crippen LogP contribution in [0.2, 0.25) is 0 Å². The van der Waals surface area contributed by atoms with Crippen molar-refractivity contribution in [3.8, 4) is 0 Å². The third-order valence-corrected chi connectivity index (χ3v) is 3.93. The molecule has 0 saturated carbocycles. The molecule has 2 aromatic heterocycles. The minimum atomic E-state index is 0.435. The molecular weight excluding hydrogens is 240 g/mol. The van der Waals surface area contributed by atoms with Crippen LogP contribution in [0.5, 0.6) is 0 Å². The van der Waals surface area contributed by atoms with E-state index in [9.17, 15) is 0 Å². The number of anilines is 2. The molecule has 1 fully saturated rings. The maximum absolute atomic E-state index is 4.61. The zero-order valence-electron chi connectivity index (χ0n) is 11.7. The fourth-order valence-electron chi connectivity index (χ4n) is 2.50. The van der Waals surface area contributed by atoms with Gasteiger partial charge in [0.05, 0.1) is 11.6 Å². The second kappa shape index (κ2) is 4.36. The van der Waals surface area contributed by atoms with Crippen LogP contribution in [0, 0.1) is 5.41 Å². The Labute approximate surface area is 112 Å². The van der Waals surface area contributed by atoms with Crippen molar-refractivity contribution in [1.29, 1.82) is 0 Å². The quantitative estimate of drug-likeness (QED) is 0.864. The van der Waals surface area contributed by atoms with E-state index in [-0.39, 0.29) is 0 Å². The molecule has 6 heteroatoms. The van der Waals surface area contributed by atoms with Gasteiger partial charge in [-0.05, 0) is 18.3 Å². The summed E-state index contributed by atoms with van der Waals surface area (Å²) in [6.07, 6.45) is 4.18. The summed E-state index contributed by atoms with van der Waals surface area (Å²) in [7, 11) is 1.83. The summed E-state index contributed by atoms with van der Waals surface area (Å²) in [5.41, 5.74) is 1.23. The molecule has 2 N–H and O–H groups in total. The fraction of sp³-hybridized carbons (Fsp3) is 0.615. The second-order valence-electron chi connectivity index (χ2n) is 5.90. The minimum absolute atomic E-state index is 0.435. The van der Waals surface area contributed by atoms with E-state index in [1.165, 1.54) is 12.8 Å². The molecule has 0 radical (unpaired) electrons. The number of aromatic amines is 1. The van der Waals surface area contributed by atoms with Gasteiger partial charge in [-0.15, -0.1) is 0 Å². The number of nitrogens with zero attached hydrogens (tertiary/aromatic N) is 4. The van der Waals surface area contributed by atoms with Crippen LogP contribution in [0.1, 0.15) is 26.7 Å². The van der Waals surface area contributed by atoms with Gasteiger partial charge in [0.2, 0.25) is 5.95 Å². The van der Waals surface area contributed by atoms with Crippen LogP contribution in [-0.2, 0) is 0 Å². The molecule has 0 atom stereocenters. The highest BCUT2D eigenvalue weighted by Gasteiger charge is 2.27. The van der Waals surface area contributed by atoms with Crippen LogP contribution in [-0.4, -0.2) is 40.3 Å². The van der Waals surface area contributed by atoms with Gasteiger partial charge in [0.1, 0.15) is 5.82 Å². The van der Waals surface area contributed by atoms with Crippen molar-refractivity contribution in [2.45, 2.75) is 26.7 Å². The summed E-state index contributed by atoms with van der Waals surface area (Å²) in [6.45, 7) is 6.73. The summed E-state index contributed by atoms with van der Waals surface area (Å²) in [4.78, 5) is 11.3. The highest BCUT2D eigenvalue weighted by atomic mass is 15.3. The molecule has 3 rings (SSSR count). The van der Waals surface area contributed by atoms with E-state index in [4.69, 9.17) is 0 Å². The molecular formula is C13H20N6. The lowest BCUT2D eigenvalue weighted by molar-refractivity contribution is 0.279. The molecule has 1 saturated heterocycles. The zero-order valence-corrected chi connectivity index (χ0v) is 11.7. The van der Waals surface area contributed by atoms with Crippen molar-refractivity contribution >= 4 is 22.8 Å². The van der Waals surface area contributed by atoms with Crippen molar-refractivity contribution in [2.75, 3.05) is 30.4 Å². The van der Waals surface area contributed by atoms with Gasteiger partial charge in [0.15, 0.2) is 5.65 Å². The van der Waals surface area contributed by atoms with Gasteiger partial charge < -0.3 is 10.2 Å². The maximum Gasteiger partial charge on any atom is 0.226 e. The van der Waals surface area contributed by atoms with Crippen LogP contribution in [0.3, 0.4) is 0 Å². The first-order chi connectivity index (χ1) is 9.09. The van der Waals surface area contributed by atoms with Crippen LogP contribution >= 0.6 is 0 Å². The first kappa shape index (κ1) is 12.2. The predicted molar refractivity (Wildman–Crippen MR) is 76.5 cm³/mol. The van der Waals surface area contributed by atoms with E-state index in [1.807, 2.05) is 13.2 Å². The Bertz CT molecular complexity index is 578. The van der Waals surface area contributed by atoms with Gasteiger partial charge in [-0.25, -0.2) is 0 Å². The summed E-state index contributed by atoms with van der Waals surface area (Å²) < 4.78 is 0. The molecule has 2 aromatic rings. The Balaban J connectivity index is 1.98. The Hall–Kier alpha value is -1.85. The van der Waals surface area contributed by atoms with E-state index in [2.05, 4.69) is 44.2 Å². The van der Waals surface area contributed by atoms with Gasteiger partial charge in [0, 0.05) is 20.1 Å². The number of fused-ring (bicyclic) bond motifs is 1. The molecule has 0 aromatic carbocycles. The predicted octanol–water partition coefficient (Wildman–Crippen LogP) is 2.02. The van der Waals surface area contributed by atoms with E-state index in [0.717, 1.165) is 29.9 Å². The molecule has 3 heterocycles. The van der Waals surface area contributed by atoms with Crippen molar-refractivity contribution < 1.29 is 0 Å². The topological polar surface area (TPSA) is 69.7 Å². The lowest BCUT2D eigenvalue weighted by Crippen LogP contribution is -2.37. The number of rotatable bonds is 2. The molecule has 6 nitrogen and oxygen atoms in total. The van der Waals surface area contributed by atoms with E-state index in [1.54, 1.807) is 0 Å². The second-order valence-corrected chi connectivity index (χ2v) is 5.90. The van der Waals surface area contributed by atoms with E-state index in [0.29, 0.717) is 11.4 Å². The van der Waals surface area contributed by atoms with Crippen molar-refractivity contribution in [3.05, 3.63) is 6.20 Å². The average Bonchev–Trinajstić information content (AvgIpc) is 2.86. The van der Waals surface area contributed by atoms with Crippen molar-refractivity contribution in [2.24, 2.45) is 5.41 Å². The Morgan fingerprint density at radius 1 is 1.26 bits per heavy atom. The third kappa shape index (κ3) is 2.22. The van der Waals surface area contributed by atoms with Crippen LogP contribution < -0.4 is 10.2 Å². The zero-order chi connectivity index (χ0) is 13.5. The lowest BCUT2D eigenvalue weighted by Gasteiger charge is -2.37. The third-order valence-electron chi connectivity index (χ3n) is 3.93. The Morgan fingerprint density at radius 3 is 2.68 bits per heavy atom. The summed E-state index contributed by atoms with van der Waals surface area (Å²) in [5, 5.41) is 11.0. The number of aromatic nitrogens is 4. The number of nitrogens with one attached hydrogen (secondary N) is 2. The summed E-state index contributed by atoms with van der Waals surface area (Å²) in [6, 6.07) is 0. The molecule has 102 valence electrons. The first-order valence-corrected chi connectivity index (χ1v) is 6.73. The highest BCUT2D eigenvalue weighted by molar-refractivity contribution is 5.87. The highest BCUT2D eigenvalue weighted by Crippen LogP contribution is 2.33. The molecule has 0 aliphatic carbocycles. The standard InChI is InChI=1S/C13H20N6/c1-13(2)4-6-19(7-5-13)11-9-8-15-18-10(9)16-12(14-3)17-11/h8H,4-7H2,1-3H3,(H2,14,15,16,17,18). The van der Waals surface area contributed by atoms with Gasteiger partial charge >= 0.3 is 0 Å². The van der Waals surface area contributed by atoms with Gasteiger partial charge in [0.25, 0.3) is 0 Å².